The Kier molecular flexibility index (Phi) is 5.22. The molecule has 9 heteroatoms. The van der Waals surface area contributed by atoms with Crippen LogP contribution in [0.4, 0.5) is 11.6 Å². The Morgan fingerprint density at radius 3 is 2.37 bits per heavy atom. The Balaban J connectivity index is 1.69. The molecule has 0 atom stereocenters. The summed E-state index contributed by atoms with van der Waals surface area (Å²) < 4.78 is 28.8. The van der Waals surface area contributed by atoms with Gasteiger partial charge in [-0.25, -0.2) is 17.8 Å². The maximum atomic E-state index is 12.5. The number of rotatable bonds is 6. The van der Waals surface area contributed by atoms with Crippen molar-refractivity contribution in [3.63, 3.8) is 0 Å². The Bertz CT molecular complexity index is 1040. The van der Waals surface area contributed by atoms with Gasteiger partial charge in [-0.1, -0.05) is 29.8 Å². The van der Waals surface area contributed by atoms with Crippen molar-refractivity contribution in [1.82, 2.24) is 14.8 Å². The molecule has 0 radical (unpaired) electrons. The summed E-state index contributed by atoms with van der Waals surface area (Å²) in [6.45, 7) is 3.88. The third-order valence-electron chi connectivity index (χ3n) is 3.71. The number of nitrogens with one attached hydrogen (secondary N) is 2. The van der Waals surface area contributed by atoms with Crippen molar-refractivity contribution in [2.24, 2.45) is 0 Å². The minimum atomic E-state index is -3.82. The molecule has 0 aliphatic rings. The number of benzene rings is 2. The highest BCUT2D eigenvalue weighted by Crippen LogP contribution is 2.16. The molecule has 0 aliphatic carbocycles. The van der Waals surface area contributed by atoms with Crippen molar-refractivity contribution in [2.45, 2.75) is 25.3 Å². The molecule has 2 N–H and O–H groups in total. The summed E-state index contributed by atoms with van der Waals surface area (Å²) in [7, 11) is -3.82. The van der Waals surface area contributed by atoms with Crippen molar-refractivity contribution >= 4 is 27.6 Å². The highest BCUT2D eigenvalue weighted by molar-refractivity contribution is 7.92. The summed E-state index contributed by atoms with van der Waals surface area (Å²) >= 11 is 0. The highest BCUT2D eigenvalue weighted by atomic mass is 32.2. The highest BCUT2D eigenvalue weighted by Gasteiger charge is 2.16. The number of aryl methyl sites for hydroxylation is 1. The molecule has 3 aromatic rings. The minimum absolute atomic E-state index is 0.00644. The van der Waals surface area contributed by atoms with Crippen LogP contribution >= 0.6 is 0 Å². The predicted molar refractivity (Wildman–Crippen MR) is 102 cm³/mol. The molecule has 1 heterocycles. The molecular weight excluding hydrogens is 366 g/mol. The van der Waals surface area contributed by atoms with Crippen LogP contribution in [0.15, 0.2) is 59.8 Å². The van der Waals surface area contributed by atoms with Crippen LogP contribution in [0.25, 0.3) is 0 Å². The molecule has 3 rings (SSSR count). The lowest BCUT2D eigenvalue weighted by Crippen LogP contribution is -2.14. The summed E-state index contributed by atoms with van der Waals surface area (Å²) in [6.07, 6.45) is 1.47. The molecule has 0 saturated heterocycles. The number of sulfonamides is 1. The van der Waals surface area contributed by atoms with Gasteiger partial charge >= 0.3 is 0 Å². The first-order valence-corrected chi connectivity index (χ1v) is 9.65. The van der Waals surface area contributed by atoms with Gasteiger partial charge in [0.25, 0.3) is 16.0 Å². The van der Waals surface area contributed by atoms with Gasteiger partial charge in [0.05, 0.1) is 11.4 Å². The van der Waals surface area contributed by atoms with Crippen LogP contribution in [0.2, 0.25) is 0 Å². The zero-order valence-electron chi connectivity index (χ0n) is 14.9. The van der Waals surface area contributed by atoms with Gasteiger partial charge in [0.2, 0.25) is 5.91 Å². The normalized spacial score (nSPS) is 11.2. The van der Waals surface area contributed by atoms with Crippen molar-refractivity contribution in [3.05, 3.63) is 66.0 Å². The second kappa shape index (κ2) is 7.58. The van der Waals surface area contributed by atoms with Gasteiger partial charge < -0.3 is 5.32 Å². The fourth-order valence-electron chi connectivity index (χ4n) is 2.40. The van der Waals surface area contributed by atoms with Crippen molar-refractivity contribution < 1.29 is 13.2 Å². The molecule has 1 aromatic heterocycles. The lowest BCUT2D eigenvalue weighted by atomic mass is 10.1. The van der Waals surface area contributed by atoms with Gasteiger partial charge in [-0.15, -0.1) is 5.10 Å². The zero-order chi connectivity index (χ0) is 19.4. The molecule has 0 saturated carbocycles. The van der Waals surface area contributed by atoms with Gasteiger partial charge in [0.1, 0.15) is 6.33 Å². The van der Waals surface area contributed by atoms with Gasteiger partial charge in [-0.2, -0.15) is 4.98 Å². The van der Waals surface area contributed by atoms with E-state index in [4.69, 9.17) is 0 Å². The van der Waals surface area contributed by atoms with Gasteiger partial charge in [-0.05, 0) is 36.8 Å². The van der Waals surface area contributed by atoms with E-state index in [9.17, 15) is 13.2 Å². The van der Waals surface area contributed by atoms with Gasteiger partial charge in [-0.3, -0.25) is 4.79 Å². The third kappa shape index (κ3) is 4.91. The first-order chi connectivity index (χ1) is 12.8. The van der Waals surface area contributed by atoms with E-state index in [0.717, 1.165) is 11.1 Å². The predicted octanol–water partition coefficient (Wildman–Crippen LogP) is 2.39. The minimum Gasteiger partial charge on any atom is -0.326 e. The van der Waals surface area contributed by atoms with Crippen LogP contribution in [0.1, 0.15) is 18.1 Å². The number of carbonyl (C=O) groups is 1. The number of amides is 1. The number of aromatic nitrogens is 3. The summed E-state index contributed by atoms with van der Waals surface area (Å²) in [5.74, 6) is -0.236. The second-order valence-corrected chi connectivity index (χ2v) is 7.74. The molecule has 8 nitrogen and oxygen atoms in total. The fraction of sp³-hybridized carbons (Fsp3) is 0.167. The van der Waals surface area contributed by atoms with E-state index < -0.39 is 10.0 Å². The maximum Gasteiger partial charge on any atom is 0.264 e. The molecule has 0 spiro atoms. The van der Waals surface area contributed by atoms with Crippen molar-refractivity contribution in [1.29, 1.82) is 0 Å². The van der Waals surface area contributed by atoms with Crippen LogP contribution in [0.5, 0.6) is 0 Å². The standard InChI is InChI=1S/C18H19N5O3S/c1-13-3-5-15(6-4-13)11-23-12-19-18(21-23)22-27(25,26)17-9-7-16(8-10-17)20-14(2)24/h3-10,12H,11H2,1-2H3,(H,20,24)(H,21,22). The monoisotopic (exact) mass is 385 g/mol. The topological polar surface area (TPSA) is 106 Å². The molecule has 1 amide bonds. The van der Waals surface area contributed by atoms with Crippen LogP contribution in [-0.4, -0.2) is 29.1 Å². The molecule has 0 fully saturated rings. The maximum absolute atomic E-state index is 12.5. The van der Waals surface area contributed by atoms with Gasteiger partial charge in [0.15, 0.2) is 0 Å². The van der Waals surface area contributed by atoms with E-state index >= 15 is 0 Å². The molecular formula is C18H19N5O3S. The average Bonchev–Trinajstić information content (AvgIpc) is 3.03. The lowest BCUT2D eigenvalue weighted by Gasteiger charge is -2.06. The third-order valence-corrected chi connectivity index (χ3v) is 5.06. The largest absolute Gasteiger partial charge is 0.326 e. The molecule has 0 unspecified atom stereocenters. The Labute approximate surface area is 157 Å². The summed E-state index contributed by atoms with van der Waals surface area (Å²) in [6, 6.07) is 13.8. The smallest absolute Gasteiger partial charge is 0.264 e. The van der Waals surface area contributed by atoms with Crippen molar-refractivity contribution in [2.75, 3.05) is 10.0 Å². The fourth-order valence-corrected chi connectivity index (χ4v) is 3.34. The quantitative estimate of drug-likeness (QED) is 0.678. The SMILES string of the molecule is CC(=O)Nc1ccc(S(=O)(=O)Nc2ncn(Cc3ccc(C)cc3)n2)cc1. The van der Waals surface area contributed by atoms with E-state index in [2.05, 4.69) is 20.1 Å². The van der Waals surface area contributed by atoms with E-state index in [0.29, 0.717) is 12.2 Å². The lowest BCUT2D eigenvalue weighted by molar-refractivity contribution is -0.114. The number of hydrogen-bond donors (Lipinski definition) is 2. The molecule has 0 aliphatic heterocycles. The van der Waals surface area contributed by atoms with E-state index in [1.807, 2.05) is 31.2 Å². The van der Waals surface area contributed by atoms with Crippen molar-refractivity contribution in [3.8, 4) is 0 Å². The van der Waals surface area contributed by atoms with Crippen LogP contribution in [-0.2, 0) is 21.4 Å². The Hall–Kier alpha value is -3.20. The number of nitrogens with zero attached hydrogens (tertiary/aromatic N) is 3. The second-order valence-electron chi connectivity index (χ2n) is 6.06. The molecule has 0 bridgehead atoms. The first-order valence-electron chi connectivity index (χ1n) is 8.17. The number of hydrogen-bond acceptors (Lipinski definition) is 5. The Morgan fingerprint density at radius 1 is 1.07 bits per heavy atom. The van der Waals surface area contributed by atoms with E-state index in [1.54, 1.807) is 4.68 Å². The Morgan fingerprint density at radius 2 is 1.74 bits per heavy atom. The summed E-state index contributed by atoms with van der Waals surface area (Å²) in [5.41, 5.74) is 2.71. The summed E-state index contributed by atoms with van der Waals surface area (Å²) in [5, 5.41) is 6.73. The van der Waals surface area contributed by atoms with E-state index in [1.165, 1.54) is 37.5 Å². The number of anilines is 2. The van der Waals surface area contributed by atoms with E-state index in [-0.39, 0.29) is 16.8 Å². The van der Waals surface area contributed by atoms with Crippen LogP contribution < -0.4 is 10.0 Å². The van der Waals surface area contributed by atoms with Crippen LogP contribution in [0.3, 0.4) is 0 Å². The first kappa shape index (κ1) is 18.6. The van der Waals surface area contributed by atoms with Gasteiger partial charge in [0, 0.05) is 12.6 Å². The average molecular weight is 385 g/mol. The van der Waals surface area contributed by atoms with Crippen LogP contribution in [0, 0.1) is 6.92 Å². The number of carbonyl (C=O) groups excluding carboxylic acids is 1. The summed E-state index contributed by atoms with van der Waals surface area (Å²) in [4.78, 5) is 15.1. The zero-order valence-corrected chi connectivity index (χ0v) is 15.7. The molecule has 2 aromatic carbocycles. The molecule has 140 valence electrons. The molecule has 27 heavy (non-hydrogen) atoms.